The fraction of sp³-hybridized carbons (Fsp3) is 0.250. The van der Waals surface area contributed by atoms with Crippen molar-refractivity contribution in [1.29, 1.82) is 0 Å². The number of carbonyl (C=O) groups is 1. The maximum atomic E-state index is 12.9. The summed E-state index contributed by atoms with van der Waals surface area (Å²) in [7, 11) is 3.48. The van der Waals surface area contributed by atoms with E-state index in [9.17, 15) is 4.79 Å². The van der Waals surface area contributed by atoms with Gasteiger partial charge in [0.25, 0.3) is 5.91 Å². The molecule has 2 aromatic heterocycles. The molecule has 0 aliphatic carbocycles. The Balaban J connectivity index is 1.53. The van der Waals surface area contributed by atoms with Crippen LogP contribution in [0.1, 0.15) is 10.5 Å². The van der Waals surface area contributed by atoms with E-state index in [1.807, 2.05) is 30.3 Å². The number of nitrogens with one attached hydrogen (secondary N) is 1. The third-order valence-corrected chi connectivity index (χ3v) is 6.60. The predicted octanol–water partition coefficient (Wildman–Crippen LogP) is 4.33. The van der Waals surface area contributed by atoms with Crippen LogP contribution in [-0.2, 0) is 0 Å². The molecular formula is C24H24N4O2S. The van der Waals surface area contributed by atoms with Crippen LogP contribution in [0.4, 0.5) is 5.69 Å². The Morgan fingerprint density at radius 2 is 1.84 bits per heavy atom. The first-order chi connectivity index (χ1) is 15.1. The summed E-state index contributed by atoms with van der Waals surface area (Å²) < 4.78 is 6.06. The maximum Gasteiger partial charge on any atom is 0.273 e. The second-order valence-corrected chi connectivity index (χ2v) is 8.83. The molecule has 0 unspecified atom stereocenters. The number of thiazole rings is 1. The van der Waals surface area contributed by atoms with E-state index in [4.69, 9.17) is 9.40 Å². The number of hydrogen-bond acceptors (Lipinski definition) is 6. The number of benzene rings is 2. The summed E-state index contributed by atoms with van der Waals surface area (Å²) in [5, 5.41) is 5.20. The van der Waals surface area contributed by atoms with Gasteiger partial charge in [-0.25, -0.2) is 4.98 Å². The second-order valence-electron chi connectivity index (χ2n) is 7.83. The zero-order chi connectivity index (χ0) is 21.4. The summed E-state index contributed by atoms with van der Waals surface area (Å²) in [5.74, 6) is 0.544. The van der Waals surface area contributed by atoms with Crippen LogP contribution >= 0.6 is 11.3 Å². The molecule has 0 bridgehead atoms. The predicted molar refractivity (Wildman–Crippen MR) is 126 cm³/mol. The third-order valence-electron chi connectivity index (χ3n) is 5.48. The SMILES string of the molecule is CN(C)C(=O)c1nc(-c2ccc(N3CCNCC3)cc2)sc1-c1cc2ccccc2o1. The molecule has 6 nitrogen and oxygen atoms in total. The maximum absolute atomic E-state index is 12.9. The van der Waals surface area contributed by atoms with Gasteiger partial charge in [0.2, 0.25) is 0 Å². The normalized spacial score (nSPS) is 14.2. The van der Waals surface area contributed by atoms with E-state index < -0.39 is 0 Å². The fourth-order valence-electron chi connectivity index (χ4n) is 3.80. The highest BCUT2D eigenvalue weighted by Gasteiger charge is 2.24. The lowest BCUT2D eigenvalue weighted by molar-refractivity contribution is 0.0823. The monoisotopic (exact) mass is 432 g/mol. The standard InChI is InChI=1S/C24H24N4O2S/c1-27(2)24(29)21-22(20-15-17-5-3-4-6-19(17)30-20)31-23(26-21)16-7-9-18(10-8-16)28-13-11-25-12-14-28/h3-10,15,25H,11-14H2,1-2H3. The van der Waals surface area contributed by atoms with Crippen LogP contribution in [0, 0.1) is 0 Å². The molecule has 2 aromatic carbocycles. The average Bonchev–Trinajstić information content (AvgIpc) is 3.43. The lowest BCUT2D eigenvalue weighted by Gasteiger charge is -2.29. The Hall–Kier alpha value is -3.16. The first-order valence-corrected chi connectivity index (χ1v) is 11.2. The van der Waals surface area contributed by atoms with E-state index in [0.717, 1.165) is 52.6 Å². The van der Waals surface area contributed by atoms with Gasteiger partial charge in [-0.1, -0.05) is 18.2 Å². The van der Waals surface area contributed by atoms with Gasteiger partial charge < -0.3 is 19.5 Å². The van der Waals surface area contributed by atoms with Gasteiger partial charge in [0.15, 0.2) is 5.69 Å². The number of amides is 1. The van der Waals surface area contributed by atoms with Crippen molar-refractivity contribution < 1.29 is 9.21 Å². The molecule has 3 heterocycles. The topological polar surface area (TPSA) is 61.6 Å². The molecule has 1 aliphatic rings. The van der Waals surface area contributed by atoms with E-state index in [2.05, 4.69) is 34.5 Å². The Morgan fingerprint density at radius 3 is 2.55 bits per heavy atom. The number of furan rings is 1. The third kappa shape index (κ3) is 3.82. The van der Waals surface area contributed by atoms with E-state index >= 15 is 0 Å². The molecule has 1 fully saturated rings. The summed E-state index contributed by atoms with van der Waals surface area (Å²) in [4.78, 5) is 22.3. The van der Waals surface area contributed by atoms with Crippen molar-refractivity contribution in [3.63, 3.8) is 0 Å². The largest absolute Gasteiger partial charge is 0.455 e. The first-order valence-electron chi connectivity index (χ1n) is 10.4. The molecule has 0 radical (unpaired) electrons. The van der Waals surface area contributed by atoms with Gasteiger partial charge in [-0.3, -0.25) is 4.79 Å². The number of anilines is 1. The van der Waals surface area contributed by atoms with Crippen molar-refractivity contribution in [2.45, 2.75) is 0 Å². The molecule has 0 atom stereocenters. The summed E-state index contributed by atoms with van der Waals surface area (Å²) in [6.07, 6.45) is 0. The van der Waals surface area contributed by atoms with Gasteiger partial charge in [-0.2, -0.15) is 0 Å². The molecule has 1 saturated heterocycles. The second kappa shape index (κ2) is 8.17. The van der Waals surface area contributed by atoms with Gasteiger partial charge in [-0.05, 0) is 36.4 Å². The van der Waals surface area contributed by atoms with Crippen LogP contribution in [0.3, 0.4) is 0 Å². The lowest BCUT2D eigenvalue weighted by atomic mass is 10.2. The van der Waals surface area contributed by atoms with Gasteiger partial charge in [0, 0.05) is 56.9 Å². The van der Waals surface area contributed by atoms with Crippen LogP contribution in [0.2, 0.25) is 0 Å². The van der Waals surface area contributed by atoms with Crippen molar-refractivity contribution in [2.75, 3.05) is 45.2 Å². The van der Waals surface area contributed by atoms with Crippen LogP contribution in [0.5, 0.6) is 0 Å². The van der Waals surface area contributed by atoms with Crippen LogP contribution < -0.4 is 10.2 Å². The highest BCUT2D eigenvalue weighted by atomic mass is 32.1. The molecule has 31 heavy (non-hydrogen) atoms. The van der Waals surface area contributed by atoms with Gasteiger partial charge in [-0.15, -0.1) is 11.3 Å². The number of fused-ring (bicyclic) bond motifs is 1. The van der Waals surface area contributed by atoms with Crippen molar-refractivity contribution in [3.05, 3.63) is 60.3 Å². The van der Waals surface area contributed by atoms with Crippen molar-refractivity contribution in [2.24, 2.45) is 0 Å². The minimum atomic E-state index is -0.129. The van der Waals surface area contributed by atoms with E-state index in [1.165, 1.54) is 17.0 Å². The molecule has 5 rings (SSSR count). The number of para-hydroxylation sites is 1. The number of hydrogen-bond donors (Lipinski definition) is 1. The molecule has 1 amide bonds. The molecule has 7 heteroatoms. The Labute approximate surface area is 185 Å². The highest BCUT2D eigenvalue weighted by Crippen LogP contribution is 2.38. The number of aromatic nitrogens is 1. The van der Waals surface area contributed by atoms with Gasteiger partial charge in [0.05, 0.1) is 0 Å². The van der Waals surface area contributed by atoms with Gasteiger partial charge in [0.1, 0.15) is 21.2 Å². The van der Waals surface area contributed by atoms with Crippen LogP contribution in [0.25, 0.3) is 32.2 Å². The Bertz CT molecular complexity index is 1190. The molecule has 0 spiro atoms. The van der Waals surface area contributed by atoms with Gasteiger partial charge >= 0.3 is 0 Å². The Kier molecular flexibility index (Phi) is 5.21. The lowest BCUT2D eigenvalue weighted by Crippen LogP contribution is -2.43. The van der Waals surface area contributed by atoms with Crippen molar-refractivity contribution in [3.8, 4) is 21.2 Å². The quantitative estimate of drug-likeness (QED) is 0.520. The van der Waals surface area contributed by atoms with Crippen LogP contribution in [-0.4, -0.2) is 56.1 Å². The summed E-state index contributed by atoms with van der Waals surface area (Å²) in [6, 6.07) is 18.3. The summed E-state index contributed by atoms with van der Waals surface area (Å²) in [5.41, 5.74) is 3.44. The molecule has 158 valence electrons. The Morgan fingerprint density at radius 1 is 1.10 bits per heavy atom. The molecule has 4 aromatic rings. The summed E-state index contributed by atoms with van der Waals surface area (Å²) in [6.45, 7) is 4.03. The first kappa shape index (κ1) is 19.8. The van der Waals surface area contributed by atoms with E-state index in [0.29, 0.717) is 11.5 Å². The fourth-order valence-corrected chi connectivity index (χ4v) is 4.81. The van der Waals surface area contributed by atoms with Crippen molar-refractivity contribution >= 4 is 33.9 Å². The molecular weight excluding hydrogens is 408 g/mol. The zero-order valence-electron chi connectivity index (χ0n) is 17.6. The van der Waals surface area contributed by atoms with Crippen LogP contribution in [0.15, 0.2) is 59.0 Å². The number of piperazine rings is 1. The molecule has 1 N–H and O–H groups in total. The minimum Gasteiger partial charge on any atom is -0.455 e. The average molecular weight is 433 g/mol. The minimum absolute atomic E-state index is 0.129. The zero-order valence-corrected chi connectivity index (χ0v) is 18.4. The highest BCUT2D eigenvalue weighted by molar-refractivity contribution is 7.18. The van der Waals surface area contributed by atoms with E-state index in [-0.39, 0.29) is 5.91 Å². The van der Waals surface area contributed by atoms with E-state index in [1.54, 1.807) is 19.0 Å². The van der Waals surface area contributed by atoms with Crippen molar-refractivity contribution in [1.82, 2.24) is 15.2 Å². The molecule has 0 saturated carbocycles. The number of carbonyl (C=O) groups excluding carboxylic acids is 1. The molecule has 1 aliphatic heterocycles. The number of rotatable bonds is 4. The summed E-state index contributed by atoms with van der Waals surface area (Å²) >= 11 is 1.49. The smallest absolute Gasteiger partial charge is 0.273 e. The number of nitrogens with zero attached hydrogens (tertiary/aromatic N) is 3.